The summed E-state index contributed by atoms with van der Waals surface area (Å²) < 4.78 is 23.7. The van der Waals surface area contributed by atoms with E-state index in [2.05, 4.69) is 47.4 Å². The molecule has 0 aliphatic carbocycles. The molecule has 236 valence electrons. The minimum absolute atomic E-state index is 0.201. The Morgan fingerprint density at radius 3 is 2.46 bits per heavy atom. The number of methoxy groups -OCH3 is 1. The number of rotatable bonds is 11. The molecule has 0 aliphatic rings. The van der Waals surface area contributed by atoms with Gasteiger partial charge in [-0.05, 0) is 84.4 Å². The summed E-state index contributed by atoms with van der Waals surface area (Å²) in [5, 5.41) is 5.44. The van der Waals surface area contributed by atoms with E-state index < -0.39 is 11.9 Å². The first kappa shape index (κ1) is 33.1. The van der Waals surface area contributed by atoms with Crippen LogP contribution < -0.4 is 24.4 Å². The van der Waals surface area contributed by atoms with Gasteiger partial charge in [0.05, 0.1) is 36.6 Å². The predicted molar refractivity (Wildman–Crippen MR) is 186 cm³/mol. The van der Waals surface area contributed by atoms with Crippen LogP contribution in [0.1, 0.15) is 40.3 Å². The molecule has 9 nitrogen and oxygen atoms in total. The van der Waals surface area contributed by atoms with Crippen molar-refractivity contribution in [3.05, 3.63) is 104 Å². The molecule has 0 radical (unpaired) electrons. The van der Waals surface area contributed by atoms with Crippen molar-refractivity contribution < 1.29 is 28.5 Å². The van der Waals surface area contributed by atoms with Crippen LogP contribution in [0.2, 0.25) is 5.02 Å². The lowest BCUT2D eigenvalue weighted by Crippen LogP contribution is -2.19. The highest BCUT2D eigenvalue weighted by molar-refractivity contribution is 9.11. The van der Waals surface area contributed by atoms with Gasteiger partial charge in [-0.1, -0.05) is 45.7 Å². The van der Waals surface area contributed by atoms with E-state index in [9.17, 15) is 9.59 Å². The molecule has 0 fully saturated rings. The van der Waals surface area contributed by atoms with Gasteiger partial charge in [0.2, 0.25) is 0 Å². The van der Waals surface area contributed by atoms with E-state index in [1.807, 2.05) is 44.2 Å². The Morgan fingerprint density at radius 1 is 0.957 bits per heavy atom. The Morgan fingerprint density at radius 2 is 1.72 bits per heavy atom. The van der Waals surface area contributed by atoms with E-state index in [1.165, 1.54) is 6.21 Å². The molecule has 0 atom stereocenters. The quantitative estimate of drug-likeness (QED) is 0.0602. The van der Waals surface area contributed by atoms with Gasteiger partial charge in [0.25, 0.3) is 5.91 Å². The van der Waals surface area contributed by atoms with Gasteiger partial charge >= 0.3 is 5.97 Å². The minimum atomic E-state index is -0.622. The zero-order valence-corrected chi connectivity index (χ0v) is 28.9. The molecule has 2 N–H and O–H groups in total. The molecule has 5 rings (SSSR count). The van der Waals surface area contributed by atoms with Crippen molar-refractivity contribution in [3.8, 4) is 34.1 Å². The SMILES string of the molecule is CCOc1ccc(C(=O)Oc2c(Br)cc(Br)cc2C=NNC(=O)c2[nH]c3ccc(OC)cc3c2-c2ccccc2Cl)cc1OCC. The van der Waals surface area contributed by atoms with Crippen LogP contribution in [-0.2, 0) is 0 Å². The fraction of sp³-hybridized carbons (Fsp3) is 0.147. The van der Waals surface area contributed by atoms with Crippen LogP contribution in [0.25, 0.3) is 22.0 Å². The number of carbonyl (C=O) groups excluding carboxylic acids is 2. The topological polar surface area (TPSA) is 111 Å². The van der Waals surface area contributed by atoms with Crippen molar-refractivity contribution in [2.45, 2.75) is 13.8 Å². The number of benzene rings is 4. The number of hydrogen-bond donors (Lipinski definition) is 2. The summed E-state index contributed by atoms with van der Waals surface area (Å²) in [4.78, 5) is 30.0. The standard InChI is InChI=1S/C34H28Br2ClN3O6/c1-4-44-28-13-10-19(15-29(28)45-5-2)34(42)46-32-20(14-21(35)16-25(32)36)18-38-40-33(41)31-30(23-8-6-7-9-26(23)37)24-17-22(43-3)11-12-27(24)39-31/h6-18,39H,4-5H2,1-3H3,(H,40,41). The highest BCUT2D eigenvalue weighted by Gasteiger charge is 2.22. The number of nitrogens with zero attached hydrogens (tertiary/aromatic N) is 1. The number of carbonyl (C=O) groups is 2. The van der Waals surface area contributed by atoms with Crippen molar-refractivity contribution in [2.24, 2.45) is 5.10 Å². The normalized spacial score (nSPS) is 11.1. The van der Waals surface area contributed by atoms with Crippen molar-refractivity contribution in [1.82, 2.24) is 10.4 Å². The fourth-order valence-corrected chi connectivity index (χ4v) is 6.31. The van der Waals surface area contributed by atoms with Crippen LogP contribution in [0.4, 0.5) is 0 Å². The predicted octanol–water partition coefficient (Wildman–Crippen LogP) is 8.80. The Labute approximate surface area is 287 Å². The van der Waals surface area contributed by atoms with Crippen LogP contribution in [0.15, 0.2) is 86.8 Å². The Bertz CT molecular complexity index is 1960. The van der Waals surface area contributed by atoms with Crippen LogP contribution in [0.3, 0.4) is 0 Å². The fourth-order valence-electron chi connectivity index (χ4n) is 4.74. The number of esters is 1. The molecule has 1 amide bonds. The first-order chi connectivity index (χ1) is 22.2. The van der Waals surface area contributed by atoms with E-state index in [1.54, 1.807) is 49.6 Å². The lowest BCUT2D eigenvalue weighted by Gasteiger charge is -2.13. The second kappa shape index (κ2) is 14.8. The lowest BCUT2D eigenvalue weighted by molar-refractivity contribution is 0.0732. The maximum atomic E-state index is 13.5. The third kappa shape index (κ3) is 7.22. The van der Waals surface area contributed by atoms with Gasteiger partial charge < -0.3 is 23.9 Å². The number of nitrogens with one attached hydrogen (secondary N) is 2. The van der Waals surface area contributed by atoms with Crippen LogP contribution in [0.5, 0.6) is 23.0 Å². The largest absolute Gasteiger partial charge is 0.497 e. The molecular weight excluding hydrogens is 742 g/mol. The Hall–Kier alpha value is -4.32. The van der Waals surface area contributed by atoms with Gasteiger partial charge in [0.15, 0.2) is 17.2 Å². The molecule has 0 aliphatic heterocycles. The molecular formula is C34H28Br2ClN3O6. The monoisotopic (exact) mass is 767 g/mol. The van der Waals surface area contributed by atoms with Gasteiger partial charge in [0, 0.05) is 37.1 Å². The molecule has 46 heavy (non-hydrogen) atoms. The van der Waals surface area contributed by atoms with Gasteiger partial charge in [0.1, 0.15) is 11.4 Å². The Kier molecular flexibility index (Phi) is 10.7. The van der Waals surface area contributed by atoms with E-state index in [4.69, 9.17) is 30.5 Å². The summed E-state index contributed by atoms with van der Waals surface area (Å²) in [6.45, 7) is 4.56. The average Bonchev–Trinajstić information content (AvgIpc) is 3.42. The van der Waals surface area contributed by atoms with Crippen LogP contribution in [-0.4, -0.2) is 43.4 Å². The van der Waals surface area contributed by atoms with Gasteiger partial charge in [-0.25, -0.2) is 10.2 Å². The molecule has 0 bridgehead atoms. The first-order valence-electron chi connectivity index (χ1n) is 14.1. The summed E-state index contributed by atoms with van der Waals surface area (Å²) in [7, 11) is 1.58. The van der Waals surface area contributed by atoms with Gasteiger partial charge in [-0.2, -0.15) is 5.10 Å². The highest BCUT2D eigenvalue weighted by atomic mass is 79.9. The van der Waals surface area contributed by atoms with E-state index in [0.717, 1.165) is 10.9 Å². The van der Waals surface area contributed by atoms with Gasteiger partial charge in [-0.3, -0.25) is 4.79 Å². The lowest BCUT2D eigenvalue weighted by atomic mass is 10.0. The summed E-state index contributed by atoms with van der Waals surface area (Å²) >= 11 is 13.5. The van der Waals surface area contributed by atoms with Crippen molar-refractivity contribution in [1.29, 1.82) is 0 Å². The zero-order chi connectivity index (χ0) is 32.8. The molecule has 0 saturated heterocycles. The van der Waals surface area contributed by atoms with E-state index in [0.29, 0.717) is 61.1 Å². The number of halogens is 3. The molecule has 4 aromatic carbocycles. The highest BCUT2D eigenvalue weighted by Crippen LogP contribution is 2.38. The number of hydrogen-bond acceptors (Lipinski definition) is 7. The second-order valence-corrected chi connectivity index (χ2v) is 11.9. The average molecular weight is 770 g/mol. The number of aromatic nitrogens is 1. The third-order valence-corrected chi connectivity index (χ3v) is 8.13. The third-order valence-electron chi connectivity index (χ3n) is 6.76. The van der Waals surface area contributed by atoms with E-state index >= 15 is 0 Å². The smallest absolute Gasteiger partial charge is 0.343 e. The Balaban J connectivity index is 1.43. The molecule has 1 aromatic heterocycles. The van der Waals surface area contributed by atoms with Crippen molar-refractivity contribution in [2.75, 3.05) is 20.3 Å². The zero-order valence-electron chi connectivity index (χ0n) is 25.0. The first-order valence-corrected chi connectivity index (χ1v) is 16.1. The molecule has 0 spiro atoms. The van der Waals surface area contributed by atoms with Crippen LogP contribution in [0, 0.1) is 0 Å². The van der Waals surface area contributed by atoms with Gasteiger partial charge in [-0.15, -0.1) is 0 Å². The molecule has 0 unspecified atom stereocenters. The van der Waals surface area contributed by atoms with Crippen molar-refractivity contribution in [3.63, 3.8) is 0 Å². The number of amides is 1. The number of aromatic amines is 1. The minimum Gasteiger partial charge on any atom is -0.497 e. The maximum absolute atomic E-state index is 13.5. The van der Waals surface area contributed by atoms with Crippen molar-refractivity contribution >= 4 is 72.5 Å². The van der Waals surface area contributed by atoms with Crippen LogP contribution >= 0.6 is 43.5 Å². The molecule has 1 heterocycles. The molecule has 0 saturated carbocycles. The number of H-pyrrole nitrogens is 1. The number of hydrazone groups is 1. The van der Waals surface area contributed by atoms with E-state index in [-0.39, 0.29) is 17.0 Å². The summed E-state index contributed by atoms with van der Waals surface area (Å²) in [5.74, 6) is 0.667. The number of ether oxygens (including phenoxy) is 4. The second-order valence-electron chi connectivity index (χ2n) is 9.69. The summed E-state index contributed by atoms with van der Waals surface area (Å²) in [5.41, 5.74) is 5.52. The maximum Gasteiger partial charge on any atom is 0.343 e. The number of fused-ring (bicyclic) bond motifs is 1. The molecule has 12 heteroatoms. The molecule has 5 aromatic rings. The summed E-state index contributed by atoms with van der Waals surface area (Å²) in [6.07, 6.45) is 1.39. The summed E-state index contributed by atoms with van der Waals surface area (Å²) in [6, 6.07) is 21.0.